The number of nitrogens with zero attached hydrogens (tertiary/aromatic N) is 2. The summed E-state index contributed by atoms with van der Waals surface area (Å²) in [6, 6.07) is 18.4. The van der Waals surface area contributed by atoms with Crippen LogP contribution in [0, 0.1) is 5.92 Å². The Hall–Kier alpha value is -2.49. The van der Waals surface area contributed by atoms with Crippen LogP contribution in [0.3, 0.4) is 0 Å². The maximum Gasteiger partial charge on any atom is 0.253 e. The minimum Gasteiger partial charge on any atom is -0.385 e. The number of para-hydroxylation sites is 1. The molecule has 27 heavy (non-hydrogen) atoms. The maximum absolute atomic E-state index is 12.8. The van der Waals surface area contributed by atoms with Gasteiger partial charge in [0, 0.05) is 49.7 Å². The summed E-state index contributed by atoms with van der Waals surface area (Å²) in [5.74, 6) is 0.956. The van der Waals surface area contributed by atoms with E-state index in [1.54, 1.807) is 0 Å². The first-order valence-electron chi connectivity index (χ1n) is 10.2. The van der Waals surface area contributed by atoms with Gasteiger partial charge in [0.2, 0.25) is 0 Å². The zero-order chi connectivity index (χ0) is 18.5. The zero-order valence-corrected chi connectivity index (χ0v) is 15.9. The lowest BCUT2D eigenvalue weighted by Gasteiger charge is -2.36. The molecule has 1 amide bonds. The van der Waals surface area contributed by atoms with Crippen LogP contribution in [0.1, 0.15) is 36.0 Å². The van der Waals surface area contributed by atoms with Crippen LogP contribution in [-0.2, 0) is 0 Å². The zero-order valence-electron chi connectivity index (χ0n) is 15.9. The number of carbonyl (C=O) groups is 1. The van der Waals surface area contributed by atoms with Crippen LogP contribution in [0.15, 0.2) is 54.6 Å². The third kappa shape index (κ3) is 4.44. The van der Waals surface area contributed by atoms with Gasteiger partial charge in [0.1, 0.15) is 0 Å². The van der Waals surface area contributed by atoms with Crippen molar-refractivity contribution in [3.63, 3.8) is 0 Å². The Labute approximate surface area is 162 Å². The number of rotatable bonds is 5. The molecule has 0 radical (unpaired) electrons. The average molecular weight is 364 g/mol. The summed E-state index contributed by atoms with van der Waals surface area (Å²) in [7, 11) is 0. The molecule has 0 spiro atoms. The predicted octanol–water partition coefficient (Wildman–Crippen LogP) is 4.25. The number of piperazine rings is 1. The molecule has 2 aromatic carbocycles. The lowest BCUT2D eigenvalue weighted by Crippen LogP contribution is -2.48. The van der Waals surface area contributed by atoms with Crippen LogP contribution < -0.4 is 10.2 Å². The van der Waals surface area contributed by atoms with E-state index in [0.29, 0.717) is 0 Å². The van der Waals surface area contributed by atoms with Crippen LogP contribution >= 0.6 is 0 Å². The first kappa shape index (κ1) is 17.9. The fraction of sp³-hybridized carbons (Fsp3) is 0.435. The topological polar surface area (TPSA) is 35.6 Å². The van der Waals surface area contributed by atoms with E-state index in [1.165, 1.54) is 31.4 Å². The van der Waals surface area contributed by atoms with E-state index in [2.05, 4.69) is 34.5 Å². The Balaban J connectivity index is 1.29. The third-order valence-corrected chi connectivity index (χ3v) is 5.89. The molecule has 4 nitrogen and oxygen atoms in total. The highest BCUT2D eigenvalue weighted by molar-refractivity contribution is 5.94. The Morgan fingerprint density at radius 3 is 2.22 bits per heavy atom. The average Bonchev–Trinajstić information content (AvgIpc) is 3.27. The van der Waals surface area contributed by atoms with Crippen molar-refractivity contribution in [2.45, 2.75) is 25.7 Å². The molecule has 4 rings (SSSR count). The SMILES string of the molecule is O=C(c1ccc(NCC2CCCC2)cc1)N1CCN(c2ccccc2)CC1. The molecule has 0 atom stereocenters. The normalized spacial score (nSPS) is 17.9. The molecule has 2 fully saturated rings. The minimum atomic E-state index is 0.144. The van der Waals surface area contributed by atoms with Gasteiger partial charge >= 0.3 is 0 Å². The van der Waals surface area contributed by atoms with E-state index in [4.69, 9.17) is 0 Å². The molecule has 142 valence electrons. The molecule has 1 aliphatic heterocycles. The second-order valence-electron chi connectivity index (χ2n) is 7.72. The summed E-state index contributed by atoms with van der Waals surface area (Å²) in [4.78, 5) is 17.1. The monoisotopic (exact) mass is 363 g/mol. The smallest absolute Gasteiger partial charge is 0.253 e. The Bertz CT molecular complexity index is 730. The Morgan fingerprint density at radius 2 is 1.56 bits per heavy atom. The molecule has 0 bridgehead atoms. The standard InChI is InChI=1S/C23H29N3O/c27-23(26-16-14-25(15-17-26)22-8-2-1-3-9-22)20-10-12-21(13-11-20)24-18-19-6-4-5-7-19/h1-3,8-13,19,24H,4-7,14-18H2. The number of anilines is 2. The van der Waals surface area contributed by atoms with E-state index in [-0.39, 0.29) is 5.91 Å². The second-order valence-corrected chi connectivity index (χ2v) is 7.72. The van der Waals surface area contributed by atoms with E-state index in [0.717, 1.165) is 49.9 Å². The molecule has 0 unspecified atom stereocenters. The van der Waals surface area contributed by atoms with Crippen LogP contribution in [0.5, 0.6) is 0 Å². The first-order chi connectivity index (χ1) is 13.3. The van der Waals surface area contributed by atoms with Crippen molar-refractivity contribution in [1.82, 2.24) is 4.90 Å². The number of hydrogen-bond donors (Lipinski definition) is 1. The highest BCUT2D eigenvalue weighted by Gasteiger charge is 2.22. The molecule has 1 aliphatic carbocycles. The summed E-state index contributed by atoms with van der Waals surface area (Å²) >= 11 is 0. The van der Waals surface area contributed by atoms with Gasteiger partial charge < -0.3 is 15.1 Å². The number of carbonyl (C=O) groups excluding carboxylic acids is 1. The van der Waals surface area contributed by atoms with Gasteiger partial charge in [0.05, 0.1) is 0 Å². The van der Waals surface area contributed by atoms with Crippen LogP contribution in [0.4, 0.5) is 11.4 Å². The molecule has 4 heteroatoms. The summed E-state index contributed by atoms with van der Waals surface area (Å²) < 4.78 is 0. The molecular formula is C23H29N3O. The second kappa shape index (κ2) is 8.47. The molecule has 2 aliphatic rings. The lowest BCUT2D eigenvalue weighted by atomic mass is 10.1. The number of amides is 1. The molecular weight excluding hydrogens is 334 g/mol. The van der Waals surface area contributed by atoms with Crippen molar-refractivity contribution in [1.29, 1.82) is 0 Å². The molecule has 1 heterocycles. The van der Waals surface area contributed by atoms with Crippen LogP contribution in [-0.4, -0.2) is 43.5 Å². The van der Waals surface area contributed by atoms with Crippen molar-refractivity contribution in [3.8, 4) is 0 Å². The fourth-order valence-electron chi connectivity index (χ4n) is 4.20. The van der Waals surface area contributed by atoms with Crippen LogP contribution in [0.25, 0.3) is 0 Å². The fourth-order valence-corrected chi connectivity index (χ4v) is 4.20. The highest BCUT2D eigenvalue weighted by Crippen LogP contribution is 2.25. The Kier molecular flexibility index (Phi) is 5.61. The lowest BCUT2D eigenvalue weighted by molar-refractivity contribution is 0.0747. The number of benzene rings is 2. The third-order valence-electron chi connectivity index (χ3n) is 5.89. The van der Waals surface area contributed by atoms with E-state index in [9.17, 15) is 4.79 Å². The summed E-state index contributed by atoms with van der Waals surface area (Å²) in [6.07, 6.45) is 5.44. The van der Waals surface area contributed by atoms with Crippen molar-refractivity contribution in [2.75, 3.05) is 42.9 Å². The molecule has 1 saturated heterocycles. The van der Waals surface area contributed by atoms with E-state index >= 15 is 0 Å². The quantitative estimate of drug-likeness (QED) is 0.862. The van der Waals surface area contributed by atoms with Gasteiger partial charge in [0.15, 0.2) is 0 Å². The predicted molar refractivity (Wildman–Crippen MR) is 111 cm³/mol. The van der Waals surface area contributed by atoms with Crippen molar-refractivity contribution in [3.05, 3.63) is 60.2 Å². The van der Waals surface area contributed by atoms with E-state index < -0.39 is 0 Å². The summed E-state index contributed by atoms with van der Waals surface area (Å²) in [6.45, 7) is 4.37. The molecule has 0 aromatic heterocycles. The van der Waals surface area contributed by atoms with Crippen LogP contribution in [0.2, 0.25) is 0 Å². The maximum atomic E-state index is 12.8. The van der Waals surface area contributed by atoms with Gasteiger partial charge in [-0.2, -0.15) is 0 Å². The van der Waals surface area contributed by atoms with Gasteiger partial charge in [-0.3, -0.25) is 4.79 Å². The van der Waals surface area contributed by atoms with Crippen molar-refractivity contribution < 1.29 is 4.79 Å². The minimum absolute atomic E-state index is 0.144. The first-order valence-corrected chi connectivity index (χ1v) is 10.2. The van der Waals surface area contributed by atoms with Crippen molar-refractivity contribution >= 4 is 17.3 Å². The largest absolute Gasteiger partial charge is 0.385 e. The van der Waals surface area contributed by atoms with Gasteiger partial charge in [-0.25, -0.2) is 0 Å². The van der Waals surface area contributed by atoms with Crippen molar-refractivity contribution in [2.24, 2.45) is 5.92 Å². The number of nitrogens with one attached hydrogen (secondary N) is 1. The number of hydrogen-bond acceptors (Lipinski definition) is 3. The summed E-state index contributed by atoms with van der Waals surface area (Å²) in [5, 5.41) is 3.52. The molecule has 2 aromatic rings. The highest BCUT2D eigenvalue weighted by atomic mass is 16.2. The molecule has 1 saturated carbocycles. The molecule has 1 N–H and O–H groups in total. The van der Waals surface area contributed by atoms with E-state index in [1.807, 2.05) is 35.2 Å². The Morgan fingerprint density at radius 1 is 0.889 bits per heavy atom. The summed E-state index contributed by atoms with van der Waals surface area (Å²) in [5.41, 5.74) is 3.14. The van der Waals surface area contributed by atoms with Gasteiger partial charge in [-0.15, -0.1) is 0 Å². The van der Waals surface area contributed by atoms with Gasteiger partial charge in [-0.1, -0.05) is 31.0 Å². The van der Waals surface area contributed by atoms with Gasteiger partial charge in [0.25, 0.3) is 5.91 Å². The van der Waals surface area contributed by atoms with Gasteiger partial charge in [-0.05, 0) is 55.2 Å².